The number of carboxylic acids is 1. The molecule has 1 aromatic rings. The molecule has 84 valence electrons. The van der Waals surface area contributed by atoms with Crippen LogP contribution in [0.25, 0.3) is 0 Å². The van der Waals surface area contributed by atoms with Crippen molar-refractivity contribution in [2.24, 2.45) is 0 Å². The molecule has 0 spiro atoms. The summed E-state index contributed by atoms with van der Waals surface area (Å²) in [4.78, 5) is 14.0. The summed E-state index contributed by atoms with van der Waals surface area (Å²) in [6.45, 7) is 0. The molecule has 0 bridgehead atoms. The van der Waals surface area contributed by atoms with Crippen molar-refractivity contribution in [3.63, 3.8) is 0 Å². The molecular formula is C9H5F2IN2O2. The second-order valence-corrected chi connectivity index (χ2v) is 3.88. The first-order valence-corrected chi connectivity index (χ1v) is 5.13. The van der Waals surface area contributed by atoms with Crippen molar-refractivity contribution < 1.29 is 18.7 Å². The highest BCUT2D eigenvalue weighted by Gasteiger charge is 2.18. The molecule has 0 saturated heterocycles. The lowest BCUT2D eigenvalue weighted by Crippen LogP contribution is -2.07. The fraction of sp³-hybridized carbons (Fsp3) is 0.222. The van der Waals surface area contributed by atoms with E-state index < -0.39 is 18.1 Å². The summed E-state index contributed by atoms with van der Waals surface area (Å²) < 4.78 is 25.1. The standard InChI is InChI=1S/C9H5F2IN2O2/c10-8(11)7-5(3-13)1-4(2-6(15)16)9(12)14-7/h1,8H,2H2,(H,15,16). The lowest BCUT2D eigenvalue weighted by atomic mass is 10.1. The maximum absolute atomic E-state index is 12.5. The van der Waals surface area contributed by atoms with Crippen LogP contribution < -0.4 is 0 Å². The highest BCUT2D eigenvalue weighted by atomic mass is 127. The van der Waals surface area contributed by atoms with Crippen LogP contribution in [0, 0.1) is 15.0 Å². The van der Waals surface area contributed by atoms with Gasteiger partial charge in [0.2, 0.25) is 0 Å². The zero-order valence-electron chi connectivity index (χ0n) is 7.75. The Balaban J connectivity index is 3.27. The van der Waals surface area contributed by atoms with Gasteiger partial charge in [0.15, 0.2) is 0 Å². The minimum Gasteiger partial charge on any atom is -0.481 e. The highest BCUT2D eigenvalue weighted by molar-refractivity contribution is 14.1. The number of halogens is 3. The van der Waals surface area contributed by atoms with Gasteiger partial charge in [0.25, 0.3) is 6.43 Å². The van der Waals surface area contributed by atoms with E-state index in [1.165, 1.54) is 0 Å². The number of carbonyl (C=O) groups is 1. The van der Waals surface area contributed by atoms with E-state index in [2.05, 4.69) is 4.98 Å². The monoisotopic (exact) mass is 338 g/mol. The first kappa shape index (κ1) is 12.8. The summed E-state index contributed by atoms with van der Waals surface area (Å²) in [5.74, 6) is -1.10. The Morgan fingerprint density at radius 1 is 1.69 bits per heavy atom. The Morgan fingerprint density at radius 3 is 2.75 bits per heavy atom. The van der Waals surface area contributed by atoms with Crippen LogP contribution >= 0.6 is 22.6 Å². The van der Waals surface area contributed by atoms with Crippen LogP contribution in [0.3, 0.4) is 0 Å². The van der Waals surface area contributed by atoms with E-state index in [1.54, 1.807) is 28.7 Å². The molecule has 0 radical (unpaired) electrons. The Bertz CT molecular complexity index is 471. The van der Waals surface area contributed by atoms with Crippen molar-refractivity contribution in [1.82, 2.24) is 4.98 Å². The zero-order chi connectivity index (χ0) is 12.3. The van der Waals surface area contributed by atoms with E-state index in [0.29, 0.717) is 0 Å². The number of aliphatic carboxylic acids is 1. The van der Waals surface area contributed by atoms with E-state index in [9.17, 15) is 13.6 Å². The Hall–Kier alpha value is -1.30. The fourth-order valence-corrected chi connectivity index (χ4v) is 1.69. The van der Waals surface area contributed by atoms with Crippen LogP contribution in [0.4, 0.5) is 8.78 Å². The third kappa shape index (κ3) is 2.85. The minimum absolute atomic E-state index is 0.175. The normalized spacial score (nSPS) is 10.2. The molecule has 0 amide bonds. The lowest BCUT2D eigenvalue weighted by Gasteiger charge is -2.06. The average molecular weight is 338 g/mol. The minimum atomic E-state index is -2.85. The molecule has 1 rings (SSSR count). The van der Waals surface area contributed by atoms with Gasteiger partial charge in [-0.25, -0.2) is 13.8 Å². The van der Waals surface area contributed by atoms with Crippen LogP contribution in [0.2, 0.25) is 0 Å². The van der Waals surface area contributed by atoms with Gasteiger partial charge < -0.3 is 5.11 Å². The number of aromatic nitrogens is 1. The van der Waals surface area contributed by atoms with Gasteiger partial charge in [-0.1, -0.05) is 0 Å². The number of pyridine rings is 1. The Kier molecular flexibility index (Phi) is 4.12. The summed E-state index contributed by atoms with van der Waals surface area (Å²) in [5, 5.41) is 17.2. The smallest absolute Gasteiger partial charge is 0.307 e. The largest absolute Gasteiger partial charge is 0.481 e. The molecule has 1 N–H and O–H groups in total. The molecule has 1 aromatic heterocycles. The molecule has 16 heavy (non-hydrogen) atoms. The number of rotatable bonds is 3. The topological polar surface area (TPSA) is 74.0 Å². The summed E-state index contributed by atoms with van der Waals surface area (Å²) in [7, 11) is 0. The van der Waals surface area contributed by atoms with E-state index in [4.69, 9.17) is 10.4 Å². The molecule has 0 saturated carbocycles. The van der Waals surface area contributed by atoms with E-state index in [1.807, 2.05) is 0 Å². The SMILES string of the molecule is N#Cc1cc(CC(=O)O)c(I)nc1C(F)F. The molecule has 0 unspecified atom stereocenters. The maximum Gasteiger partial charge on any atom is 0.307 e. The number of alkyl halides is 2. The Morgan fingerprint density at radius 2 is 2.31 bits per heavy atom. The molecule has 1 heterocycles. The predicted molar refractivity (Wildman–Crippen MR) is 58.0 cm³/mol. The molecule has 0 fully saturated rings. The second-order valence-electron chi connectivity index (χ2n) is 2.85. The van der Waals surface area contributed by atoms with Gasteiger partial charge in [-0.2, -0.15) is 5.26 Å². The maximum atomic E-state index is 12.5. The van der Waals surface area contributed by atoms with Crippen molar-refractivity contribution in [1.29, 1.82) is 5.26 Å². The second kappa shape index (κ2) is 5.16. The highest BCUT2D eigenvalue weighted by Crippen LogP contribution is 2.24. The van der Waals surface area contributed by atoms with Gasteiger partial charge in [0.05, 0.1) is 12.0 Å². The number of nitrogens with zero attached hydrogens (tertiary/aromatic N) is 2. The van der Waals surface area contributed by atoms with E-state index >= 15 is 0 Å². The van der Waals surface area contributed by atoms with Crippen molar-refractivity contribution in [2.45, 2.75) is 12.8 Å². The van der Waals surface area contributed by atoms with E-state index in [-0.39, 0.29) is 21.2 Å². The van der Waals surface area contributed by atoms with Crippen molar-refractivity contribution in [3.8, 4) is 6.07 Å². The van der Waals surface area contributed by atoms with Gasteiger partial charge in [-0.05, 0) is 34.2 Å². The summed E-state index contributed by atoms with van der Waals surface area (Å²) >= 11 is 1.67. The number of hydrogen-bond acceptors (Lipinski definition) is 3. The Labute approximate surface area is 103 Å². The van der Waals surface area contributed by atoms with Crippen LogP contribution in [-0.2, 0) is 11.2 Å². The van der Waals surface area contributed by atoms with Crippen molar-refractivity contribution in [2.75, 3.05) is 0 Å². The van der Waals surface area contributed by atoms with Gasteiger partial charge in [-0.15, -0.1) is 0 Å². The van der Waals surface area contributed by atoms with Crippen LogP contribution in [0.15, 0.2) is 6.07 Å². The fourth-order valence-electron chi connectivity index (χ4n) is 1.09. The first-order chi connectivity index (χ1) is 7.45. The van der Waals surface area contributed by atoms with Gasteiger partial charge >= 0.3 is 5.97 Å². The summed E-state index contributed by atoms with van der Waals surface area (Å²) in [5.41, 5.74) is -0.637. The van der Waals surface area contributed by atoms with Crippen LogP contribution in [0.1, 0.15) is 23.2 Å². The molecule has 0 atom stereocenters. The average Bonchev–Trinajstić information content (AvgIpc) is 2.19. The molecular weight excluding hydrogens is 333 g/mol. The summed E-state index contributed by atoms with van der Waals surface area (Å²) in [6, 6.07) is 2.72. The van der Waals surface area contributed by atoms with Crippen molar-refractivity contribution >= 4 is 28.6 Å². The third-order valence-corrected chi connectivity index (χ3v) is 2.68. The molecule has 4 nitrogen and oxygen atoms in total. The van der Waals surface area contributed by atoms with Crippen molar-refractivity contribution in [3.05, 3.63) is 26.6 Å². The van der Waals surface area contributed by atoms with Gasteiger partial charge in [0, 0.05) is 0 Å². The predicted octanol–water partition coefficient (Wildman–Crippen LogP) is 2.12. The van der Waals surface area contributed by atoms with Crippen LogP contribution in [0.5, 0.6) is 0 Å². The number of carboxylic acid groups (broad SMARTS) is 1. The van der Waals surface area contributed by atoms with Gasteiger partial charge in [0.1, 0.15) is 15.5 Å². The summed E-state index contributed by atoms with van der Waals surface area (Å²) in [6.07, 6.45) is -3.19. The van der Waals surface area contributed by atoms with Crippen LogP contribution in [-0.4, -0.2) is 16.1 Å². The first-order valence-electron chi connectivity index (χ1n) is 4.05. The third-order valence-electron chi connectivity index (χ3n) is 1.75. The molecule has 7 heteroatoms. The lowest BCUT2D eigenvalue weighted by molar-refractivity contribution is -0.136. The molecule has 0 aliphatic heterocycles. The quantitative estimate of drug-likeness (QED) is 0.677. The van der Waals surface area contributed by atoms with E-state index in [0.717, 1.165) is 6.07 Å². The number of hydrogen-bond donors (Lipinski definition) is 1. The van der Waals surface area contributed by atoms with Gasteiger partial charge in [-0.3, -0.25) is 4.79 Å². The number of nitriles is 1. The molecule has 0 aromatic carbocycles. The molecule has 0 aliphatic carbocycles. The zero-order valence-corrected chi connectivity index (χ0v) is 9.90. The molecule has 0 aliphatic rings.